The molecule has 6 heterocycles. The average Bonchev–Trinajstić information content (AvgIpc) is 3.72. The normalized spacial score (nSPS) is 21.0. The van der Waals surface area contributed by atoms with Gasteiger partial charge in [0.1, 0.15) is 29.5 Å². The Labute approximate surface area is 384 Å². The third-order valence-corrected chi connectivity index (χ3v) is 16.3. The predicted molar refractivity (Wildman–Crippen MR) is 248 cm³/mol. The van der Waals surface area contributed by atoms with Crippen molar-refractivity contribution < 1.29 is 31.8 Å². The Kier molecular flexibility index (Phi) is 12.4. The van der Waals surface area contributed by atoms with Crippen LogP contribution in [-0.4, -0.2) is 118 Å². The molecule has 1 aliphatic carbocycles. The number of alkyl halides is 1. The van der Waals surface area contributed by atoms with Gasteiger partial charge < -0.3 is 23.8 Å². The molecular weight excluding hydrogens is 877 g/mol. The van der Waals surface area contributed by atoms with E-state index in [1.807, 2.05) is 24.3 Å². The zero-order chi connectivity index (χ0) is 43.9. The largest absolute Gasteiger partial charge is 0.489 e. The first-order valence-corrected chi connectivity index (χ1v) is 24.7. The number of nitrogens with zero attached hydrogens (tertiary/aromatic N) is 5. The molecule has 64 heavy (non-hydrogen) atoms. The van der Waals surface area contributed by atoms with Crippen LogP contribution in [0.4, 0.5) is 10.1 Å². The lowest BCUT2D eigenvalue weighted by Crippen LogP contribution is -2.54. The Hall–Kier alpha value is -4.21. The van der Waals surface area contributed by atoms with Gasteiger partial charge in [0.05, 0.1) is 35.4 Å². The molecule has 2 aromatic heterocycles. The van der Waals surface area contributed by atoms with Crippen LogP contribution < -0.4 is 14.4 Å². The fourth-order valence-corrected chi connectivity index (χ4v) is 11.9. The topological polar surface area (TPSA) is 98.6 Å². The second-order valence-corrected chi connectivity index (χ2v) is 20.9. The minimum atomic E-state index is -4.08. The highest BCUT2D eigenvalue weighted by molar-refractivity contribution is 7.90. The molecule has 4 saturated heterocycles. The summed E-state index contributed by atoms with van der Waals surface area (Å²) < 4.78 is 66.6. The van der Waals surface area contributed by atoms with E-state index in [-0.39, 0.29) is 40.8 Å². The molecule has 0 unspecified atom stereocenters. The maximum atomic E-state index is 15.1. The fraction of sp³-hybridized carbons (Fsp3) is 0.449. The van der Waals surface area contributed by atoms with Gasteiger partial charge in [0, 0.05) is 87.1 Å². The van der Waals surface area contributed by atoms with E-state index in [2.05, 4.69) is 43.9 Å². The summed E-state index contributed by atoms with van der Waals surface area (Å²) in [6, 6.07) is 24.8. The number of benzene rings is 3. The molecule has 1 spiro atoms. The monoisotopic (exact) mass is 929 g/mol. The van der Waals surface area contributed by atoms with Gasteiger partial charge in [-0.2, -0.15) is 0 Å². The number of pyridine rings is 1. The molecular formula is C49H54Cl2FN5O6S. The molecule has 4 fully saturated rings. The summed E-state index contributed by atoms with van der Waals surface area (Å²) in [4.78, 5) is 12.2. The SMILES string of the molecule is O=S(=O)(c1ccc(OCC2(F)CCOCC2)c(Cl)c1)n1ccc2cc(Oc3cccc(N4CCN(CC5=C(c6ccc(Cl)cc6)CCC6(CCN(C7COC7)CC6)C5)CC4)c3)cnc21. The summed E-state index contributed by atoms with van der Waals surface area (Å²) in [5.41, 5.74) is 4.62. The van der Waals surface area contributed by atoms with Crippen LogP contribution in [0.5, 0.6) is 17.2 Å². The summed E-state index contributed by atoms with van der Waals surface area (Å²) >= 11 is 12.8. The first kappa shape index (κ1) is 43.7. The van der Waals surface area contributed by atoms with Crippen LogP contribution in [0.15, 0.2) is 102 Å². The zero-order valence-corrected chi connectivity index (χ0v) is 38.2. The third-order valence-electron chi connectivity index (χ3n) is 14.1. The highest BCUT2D eigenvalue weighted by Crippen LogP contribution is 2.49. The minimum absolute atomic E-state index is 0.0447. The van der Waals surface area contributed by atoms with Gasteiger partial charge in [-0.05, 0) is 116 Å². The van der Waals surface area contributed by atoms with E-state index < -0.39 is 15.7 Å². The number of allylic oxidation sites excluding steroid dienone is 1. The van der Waals surface area contributed by atoms with Crippen molar-refractivity contribution in [3.8, 4) is 17.2 Å². The molecule has 11 nitrogen and oxygen atoms in total. The Bertz CT molecular complexity index is 2620. The Morgan fingerprint density at radius 1 is 0.828 bits per heavy atom. The number of likely N-dealkylation sites (tertiary alicyclic amines) is 1. The van der Waals surface area contributed by atoms with Gasteiger partial charge in [-0.25, -0.2) is 21.8 Å². The fourth-order valence-electron chi connectivity index (χ4n) is 10.1. The molecule has 5 aliphatic rings. The van der Waals surface area contributed by atoms with Gasteiger partial charge in [-0.3, -0.25) is 9.80 Å². The molecule has 338 valence electrons. The Morgan fingerprint density at radius 2 is 1.61 bits per heavy atom. The van der Waals surface area contributed by atoms with E-state index in [1.165, 1.54) is 80.5 Å². The van der Waals surface area contributed by atoms with Gasteiger partial charge in [0.2, 0.25) is 0 Å². The number of rotatable bonds is 12. The number of hydrogen-bond donors (Lipinski definition) is 0. The van der Waals surface area contributed by atoms with Crippen molar-refractivity contribution in [3.63, 3.8) is 0 Å². The van der Waals surface area contributed by atoms with Crippen LogP contribution in [-0.2, 0) is 19.5 Å². The molecule has 10 rings (SSSR count). The second kappa shape index (κ2) is 18.2. The van der Waals surface area contributed by atoms with Crippen molar-refractivity contribution in [2.24, 2.45) is 5.41 Å². The van der Waals surface area contributed by atoms with Gasteiger partial charge in [0.25, 0.3) is 10.0 Å². The second-order valence-electron chi connectivity index (χ2n) is 18.2. The molecule has 0 N–H and O–H groups in total. The van der Waals surface area contributed by atoms with Crippen LogP contribution in [0, 0.1) is 5.41 Å². The Morgan fingerprint density at radius 3 is 2.34 bits per heavy atom. The molecule has 5 aromatic rings. The van der Waals surface area contributed by atoms with Gasteiger partial charge in [-0.1, -0.05) is 47.0 Å². The first-order valence-electron chi connectivity index (χ1n) is 22.5. The lowest BCUT2D eigenvalue weighted by Gasteiger charge is -2.49. The van der Waals surface area contributed by atoms with Crippen LogP contribution in [0.1, 0.15) is 50.5 Å². The van der Waals surface area contributed by atoms with E-state index in [4.69, 9.17) is 42.1 Å². The number of hydrogen-bond acceptors (Lipinski definition) is 10. The number of aromatic nitrogens is 2. The number of ether oxygens (including phenoxy) is 4. The lowest BCUT2D eigenvalue weighted by molar-refractivity contribution is -0.0825. The first-order chi connectivity index (χ1) is 31.0. The van der Waals surface area contributed by atoms with Crippen molar-refractivity contribution in [1.29, 1.82) is 0 Å². The molecule has 3 aromatic carbocycles. The molecule has 0 radical (unpaired) electrons. The minimum Gasteiger partial charge on any atom is -0.489 e. The quantitative estimate of drug-likeness (QED) is 0.120. The van der Waals surface area contributed by atoms with Crippen LogP contribution in [0.2, 0.25) is 10.0 Å². The number of piperidine rings is 1. The van der Waals surface area contributed by atoms with E-state index in [0.29, 0.717) is 41.6 Å². The molecule has 0 bridgehead atoms. The van der Waals surface area contributed by atoms with E-state index in [0.717, 1.165) is 67.0 Å². The van der Waals surface area contributed by atoms with Crippen LogP contribution in [0.25, 0.3) is 16.6 Å². The summed E-state index contributed by atoms with van der Waals surface area (Å²) in [6.45, 7) is 9.31. The highest BCUT2D eigenvalue weighted by atomic mass is 35.5. The van der Waals surface area contributed by atoms with Crippen molar-refractivity contribution in [3.05, 3.63) is 112 Å². The maximum Gasteiger partial charge on any atom is 0.269 e. The molecule has 0 amide bonds. The van der Waals surface area contributed by atoms with Gasteiger partial charge in [-0.15, -0.1) is 0 Å². The molecule has 4 aliphatic heterocycles. The van der Waals surface area contributed by atoms with Crippen LogP contribution in [0.3, 0.4) is 0 Å². The average molecular weight is 931 g/mol. The summed E-state index contributed by atoms with van der Waals surface area (Å²) in [6.07, 6.45) is 9.50. The lowest BCUT2D eigenvalue weighted by atomic mass is 9.65. The standard InChI is InChI=1S/C49H54Cl2FN5O6S/c50-38-6-4-35(5-7-38)44-10-12-48(13-18-55(19-14-48)40-32-61-33-40)29-37(44)31-54-20-22-56(23-21-54)39-2-1-3-41(27-39)63-42-26-36-11-17-57(47(36)53-30-42)64(58,59)43-8-9-46(45(51)28-43)62-34-49(52)15-24-60-25-16-49/h1-9,11,17,26-28,30,40H,10,12-16,18-25,29,31-34H2. The van der Waals surface area contributed by atoms with Crippen LogP contribution >= 0.6 is 23.2 Å². The van der Waals surface area contributed by atoms with Crippen molar-refractivity contribution >= 4 is 55.5 Å². The smallest absolute Gasteiger partial charge is 0.269 e. The maximum absolute atomic E-state index is 15.1. The molecule has 15 heteroatoms. The predicted octanol–water partition coefficient (Wildman–Crippen LogP) is 9.51. The van der Waals surface area contributed by atoms with E-state index in [9.17, 15) is 8.42 Å². The number of piperazine rings is 1. The van der Waals surface area contributed by atoms with Crippen molar-refractivity contribution in [1.82, 2.24) is 18.8 Å². The third kappa shape index (κ3) is 9.27. The van der Waals surface area contributed by atoms with Crippen molar-refractivity contribution in [2.75, 3.05) is 83.7 Å². The Balaban J connectivity index is 0.776. The summed E-state index contributed by atoms with van der Waals surface area (Å²) in [7, 11) is -4.08. The molecule has 0 atom stereocenters. The number of fused-ring (bicyclic) bond motifs is 1. The highest BCUT2D eigenvalue weighted by Gasteiger charge is 2.41. The number of anilines is 1. The van der Waals surface area contributed by atoms with E-state index in [1.54, 1.807) is 17.7 Å². The van der Waals surface area contributed by atoms with Gasteiger partial charge in [0.15, 0.2) is 5.65 Å². The zero-order valence-electron chi connectivity index (χ0n) is 35.9. The number of halogens is 3. The van der Waals surface area contributed by atoms with Gasteiger partial charge >= 0.3 is 0 Å². The summed E-state index contributed by atoms with van der Waals surface area (Å²) in [5.74, 6) is 1.37. The molecule has 0 saturated carbocycles. The van der Waals surface area contributed by atoms with Crippen molar-refractivity contribution in [2.45, 2.75) is 61.6 Å². The summed E-state index contributed by atoms with van der Waals surface area (Å²) in [5, 5.41) is 1.44. The van der Waals surface area contributed by atoms with E-state index >= 15 is 4.39 Å².